The summed E-state index contributed by atoms with van der Waals surface area (Å²) in [7, 11) is 0. The average Bonchev–Trinajstić information content (AvgIpc) is 3.08. The Balaban J connectivity index is 1.53. The van der Waals surface area contributed by atoms with Crippen LogP contribution in [0.1, 0.15) is 18.4 Å². The Morgan fingerprint density at radius 2 is 2.00 bits per heavy atom. The number of hydrogen-bond donors (Lipinski definition) is 1. The average molecular weight is 352 g/mol. The molecule has 3 rings (SSSR count). The Bertz CT molecular complexity index is 707. The first-order chi connectivity index (χ1) is 11.9. The van der Waals surface area contributed by atoms with E-state index in [0.717, 1.165) is 31.5 Å². The van der Waals surface area contributed by atoms with E-state index in [0.29, 0.717) is 19.0 Å². The summed E-state index contributed by atoms with van der Waals surface area (Å²) in [5.74, 6) is 0.442. The minimum Gasteiger partial charge on any atom is -0.325 e. The molecule has 0 atom stereocenters. The molecule has 1 aliphatic heterocycles. The second-order valence-corrected chi connectivity index (χ2v) is 6.17. The molecule has 0 aliphatic carbocycles. The number of alkyl halides is 3. The highest BCUT2D eigenvalue weighted by atomic mass is 19.4. The second kappa shape index (κ2) is 7.16. The van der Waals surface area contributed by atoms with Crippen LogP contribution in [0.2, 0.25) is 0 Å². The fourth-order valence-corrected chi connectivity index (χ4v) is 2.97. The number of anilines is 1. The lowest BCUT2D eigenvalue weighted by molar-refractivity contribution is -0.137. The van der Waals surface area contributed by atoms with E-state index in [9.17, 15) is 18.0 Å². The number of carbonyl (C=O) groups is 1. The second-order valence-electron chi connectivity index (χ2n) is 6.17. The number of likely N-dealkylation sites (tertiary alicyclic amines) is 1. The largest absolute Gasteiger partial charge is 0.416 e. The number of benzene rings is 1. The third-order valence-electron chi connectivity index (χ3n) is 4.35. The number of carbonyl (C=O) groups excluding carboxylic acids is 1. The molecule has 2 heterocycles. The SMILES string of the molecule is O=C(Nc1cccc(C(F)(F)F)c1)N1CCC(Cn2cccn2)CC1. The molecule has 25 heavy (non-hydrogen) atoms. The Kier molecular flexibility index (Phi) is 4.96. The third kappa shape index (κ3) is 4.52. The van der Waals surface area contributed by atoms with Gasteiger partial charge in [0.15, 0.2) is 0 Å². The molecule has 5 nitrogen and oxygen atoms in total. The Morgan fingerprint density at radius 1 is 1.24 bits per heavy atom. The van der Waals surface area contributed by atoms with Crippen LogP contribution < -0.4 is 5.32 Å². The minimum atomic E-state index is -4.43. The number of nitrogens with one attached hydrogen (secondary N) is 1. The predicted molar refractivity (Wildman–Crippen MR) is 87.0 cm³/mol. The maximum Gasteiger partial charge on any atom is 0.416 e. The fraction of sp³-hybridized carbons (Fsp3) is 0.412. The van der Waals surface area contributed by atoms with Crippen molar-refractivity contribution in [3.63, 3.8) is 0 Å². The van der Waals surface area contributed by atoms with Crippen LogP contribution in [0.25, 0.3) is 0 Å². The van der Waals surface area contributed by atoms with E-state index in [-0.39, 0.29) is 11.7 Å². The molecule has 0 radical (unpaired) electrons. The summed E-state index contributed by atoms with van der Waals surface area (Å²) in [5.41, 5.74) is -0.623. The van der Waals surface area contributed by atoms with E-state index < -0.39 is 11.7 Å². The zero-order chi connectivity index (χ0) is 17.9. The van der Waals surface area contributed by atoms with Crippen molar-refractivity contribution in [1.29, 1.82) is 0 Å². The highest BCUT2D eigenvalue weighted by Gasteiger charge is 2.30. The highest BCUT2D eigenvalue weighted by Crippen LogP contribution is 2.30. The molecule has 1 aromatic heterocycles. The van der Waals surface area contributed by atoms with Crippen LogP contribution in [0.15, 0.2) is 42.7 Å². The van der Waals surface area contributed by atoms with Gasteiger partial charge in [-0.15, -0.1) is 0 Å². The summed E-state index contributed by atoms with van der Waals surface area (Å²) in [6, 6.07) is 6.18. The first-order valence-electron chi connectivity index (χ1n) is 8.12. The lowest BCUT2D eigenvalue weighted by atomic mass is 9.97. The zero-order valence-corrected chi connectivity index (χ0v) is 13.5. The first-order valence-corrected chi connectivity index (χ1v) is 8.12. The van der Waals surface area contributed by atoms with E-state index in [1.807, 2.05) is 16.9 Å². The monoisotopic (exact) mass is 352 g/mol. The highest BCUT2D eigenvalue weighted by molar-refractivity contribution is 5.89. The van der Waals surface area contributed by atoms with Gasteiger partial charge in [0.05, 0.1) is 5.56 Å². The standard InChI is InChI=1S/C17H19F3N4O/c18-17(19,20)14-3-1-4-15(11-14)22-16(25)23-9-5-13(6-10-23)12-24-8-2-7-21-24/h1-4,7-8,11,13H,5-6,9-10,12H2,(H,22,25). The van der Waals surface area contributed by atoms with Gasteiger partial charge in [0.1, 0.15) is 0 Å². The number of piperidine rings is 1. The van der Waals surface area contributed by atoms with E-state index >= 15 is 0 Å². The Labute approximate surface area is 143 Å². The van der Waals surface area contributed by atoms with Gasteiger partial charge in [-0.25, -0.2) is 4.79 Å². The Hall–Kier alpha value is -2.51. The van der Waals surface area contributed by atoms with Crippen molar-refractivity contribution in [3.05, 3.63) is 48.3 Å². The summed E-state index contributed by atoms with van der Waals surface area (Å²) in [6.07, 6.45) is 0.904. The normalized spacial score (nSPS) is 16.0. The topological polar surface area (TPSA) is 50.2 Å². The van der Waals surface area contributed by atoms with Gasteiger partial charge in [-0.2, -0.15) is 18.3 Å². The summed E-state index contributed by atoms with van der Waals surface area (Å²) in [4.78, 5) is 13.9. The van der Waals surface area contributed by atoms with Gasteiger partial charge in [-0.05, 0) is 43.0 Å². The van der Waals surface area contributed by atoms with Crippen molar-refractivity contribution >= 4 is 11.7 Å². The van der Waals surface area contributed by atoms with Gasteiger partial charge < -0.3 is 10.2 Å². The molecule has 1 aromatic carbocycles. The molecule has 1 saturated heterocycles. The van der Waals surface area contributed by atoms with E-state index in [2.05, 4.69) is 10.4 Å². The first kappa shape index (κ1) is 17.3. The zero-order valence-electron chi connectivity index (χ0n) is 13.5. The molecule has 0 unspecified atom stereocenters. The number of hydrogen-bond acceptors (Lipinski definition) is 2. The molecular formula is C17H19F3N4O. The van der Waals surface area contributed by atoms with Crippen LogP contribution in [-0.2, 0) is 12.7 Å². The molecule has 134 valence electrons. The fourth-order valence-electron chi connectivity index (χ4n) is 2.97. The molecule has 0 bridgehead atoms. The van der Waals surface area contributed by atoms with Crippen LogP contribution in [0.5, 0.6) is 0 Å². The van der Waals surface area contributed by atoms with Gasteiger partial charge in [0.2, 0.25) is 0 Å². The van der Waals surface area contributed by atoms with Crippen molar-refractivity contribution in [2.45, 2.75) is 25.6 Å². The number of nitrogens with zero attached hydrogens (tertiary/aromatic N) is 3. The van der Waals surface area contributed by atoms with E-state index in [4.69, 9.17) is 0 Å². The van der Waals surface area contributed by atoms with Crippen LogP contribution in [0, 0.1) is 5.92 Å². The number of amides is 2. The number of urea groups is 1. The van der Waals surface area contributed by atoms with Crippen LogP contribution in [-0.4, -0.2) is 33.8 Å². The van der Waals surface area contributed by atoms with Crippen molar-refractivity contribution in [2.75, 3.05) is 18.4 Å². The van der Waals surface area contributed by atoms with Crippen molar-refractivity contribution in [1.82, 2.24) is 14.7 Å². The van der Waals surface area contributed by atoms with Gasteiger partial charge in [0.25, 0.3) is 0 Å². The lowest BCUT2D eigenvalue weighted by Gasteiger charge is -2.32. The summed E-state index contributed by atoms with van der Waals surface area (Å²) in [6.45, 7) is 1.98. The van der Waals surface area contributed by atoms with Crippen LogP contribution in [0.3, 0.4) is 0 Å². The summed E-state index contributed by atoms with van der Waals surface area (Å²) in [5, 5.41) is 6.73. The number of halogens is 3. The molecule has 2 aromatic rings. The van der Waals surface area contributed by atoms with E-state index in [1.54, 1.807) is 11.1 Å². The smallest absolute Gasteiger partial charge is 0.325 e. The maximum atomic E-state index is 12.7. The van der Waals surface area contributed by atoms with Gasteiger partial charge >= 0.3 is 12.2 Å². The third-order valence-corrected chi connectivity index (χ3v) is 4.35. The van der Waals surface area contributed by atoms with Gasteiger partial charge in [-0.3, -0.25) is 4.68 Å². The predicted octanol–water partition coefficient (Wildman–Crippen LogP) is 3.85. The molecule has 0 saturated carbocycles. The van der Waals surface area contributed by atoms with Crippen LogP contribution in [0.4, 0.5) is 23.7 Å². The molecule has 1 aliphatic rings. The van der Waals surface area contributed by atoms with Gasteiger partial charge in [0, 0.05) is 37.7 Å². The molecule has 1 N–H and O–H groups in total. The number of rotatable bonds is 3. The molecule has 0 spiro atoms. The molecular weight excluding hydrogens is 333 g/mol. The Morgan fingerprint density at radius 3 is 2.64 bits per heavy atom. The lowest BCUT2D eigenvalue weighted by Crippen LogP contribution is -2.41. The quantitative estimate of drug-likeness (QED) is 0.912. The summed E-state index contributed by atoms with van der Waals surface area (Å²) >= 11 is 0. The minimum absolute atomic E-state index is 0.151. The van der Waals surface area contributed by atoms with Crippen molar-refractivity contribution < 1.29 is 18.0 Å². The summed E-state index contributed by atoms with van der Waals surface area (Å²) < 4.78 is 40.1. The maximum absolute atomic E-state index is 12.7. The molecule has 2 amide bonds. The van der Waals surface area contributed by atoms with Crippen LogP contribution >= 0.6 is 0 Å². The number of aromatic nitrogens is 2. The van der Waals surface area contributed by atoms with Crippen molar-refractivity contribution in [3.8, 4) is 0 Å². The molecule has 1 fully saturated rings. The van der Waals surface area contributed by atoms with Gasteiger partial charge in [-0.1, -0.05) is 6.07 Å². The molecule has 8 heteroatoms. The van der Waals surface area contributed by atoms with Crippen molar-refractivity contribution in [2.24, 2.45) is 5.92 Å². The van der Waals surface area contributed by atoms with E-state index in [1.165, 1.54) is 12.1 Å².